The third-order valence-corrected chi connectivity index (χ3v) is 6.67. The van der Waals surface area contributed by atoms with Crippen molar-refractivity contribution >= 4 is 34.3 Å². The van der Waals surface area contributed by atoms with E-state index in [1.165, 1.54) is 40.4 Å². The van der Waals surface area contributed by atoms with Crippen LogP contribution < -0.4 is 11.0 Å². The van der Waals surface area contributed by atoms with Crippen LogP contribution in [0.3, 0.4) is 0 Å². The van der Waals surface area contributed by atoms with E-state index in [4.69, 9.17) is 4.74 Å². The lowest BCUT2D eigenvalue weighted by molar-refractivity contribution is -0.0499. The molecule has 1 aromatic heterocycles. The number of aryl methyl sites for hydroxylation is 2. The Morgan fingerprint density at radius 1 is 1.33 bits per heavy atom. The van der Waals surface area contributed by atoms with Crippen molar-refractivity contribution in [2.45, 2.75) is 47.8 Å². The Morgan fingerprint density at radius 2 is 2.07 bits per heavy atom. The number of nitrogens with one attached hydrogen (secondary N) is 1. The van der Waals surface area contributed by atoms with Crippen LogP contribution in [0.25, 0.3) is 0 Å². The summed E-state index contributed by atoms with van der Waals surface area (Å²) in [4.78, 5) is 28.8. The van der Waals surface area contributed by atoms with Crippen LogP contribution in [0.2, 0.25) is 0 Å². The third kappa shape index (κ3) is 3.88. The second-order valence-electron chi connectivity index (χ2n) is 7.48. The van der Waals surface area contributed by atoms with E-state index in [0.717, 1.165) is 35.8 Å². The third-order valence-electron chi connectivity index (χ3n) is 5.49. The van der Waals surface area contributed by atoms with Gasteiger partial charge in [-0.2, -0.15) is 4.98 Å². The number of benzene rings is 1. The van der Waals surface area contributed by atoms with Gasteiger partial charge < -0.3 is 20.3 Å². The summed E-state index contributed by atoms with van der Waals surface area (Å²) in [6.07, 6.45) is 1.21. The summed E-state index contributed by atoms with van der Waals surface area (Å²) in [6, 6.07) is 6.92. The van der Waals surface area contributed by atoms with Crippen LogP contribution in [0, 0.1) is 0 Å². The minimum Gasteiger partial charge on any atom is -0.394 e. The molecule has 4 atom stereocenters. The molecule has 160 valence electrons. The molecule has 2 aromatic rings. The number of ether oxygens (including phenoxy) is 1. The fourth-order valence-electron chi connectivity index (χ4n) is 3.84. The molecular formula is C20H21FIN3O5. The van der Waals surface area contributed by atoms with E-state index >= 15 is 0 Å². The zero-order valence-electron chi connectivity index (χ0n) is 15.9. The number of rotatable bonds is 4. The molecule has 0 radical (unpaired) electrons. The molecule has 2 heterocycles. The van der Waals surface area contributed by atoms with Gasteiger partial charge in [-0.25, -0.2) is 9.18 Å². The van der Waals surface area contributed by atoms with E-state index in [1.54, 1.807) is 6.07 Å². The normalized spacial score (nSPS) is 28.2. The highest BCUT2D eigenvalue weighted by molar-refractivity contribution is 14.1. The van der Waals surface area contributed by atoms with Gasteiger partial charge in [0.05, 0.1) is 6.61 Å². The summed E-state index contributed by atoms with van der Waals surface area (Å²) >= 11 is 1.36. The summed E-state index contributed by atoms with van der Waals surface area (Å²) < 4.78 is 18.7. The van der Waals surface area contributed by atoms with E-state index in [0.29, 0.717) is 5.56 Å². The fraction of sp³-hybridized carbons (Fsp3) is 0.450. The Kier molecular flexibility index (Phi) is 5.93. The number of hydrogen-bond donors (Lipinski definition) is 3. The molecule has 8 nitrogen and oxygen atoms in total. The number of anilines is 1. The molecule has 10 heteroatoms. The Balaban J connectivity index is 1.53. The van der Waals surface area contributed by atoms with E-state index < -0.39 is 40.3 Å². The number of aromatic nitrogens is 2. The largest absolute Gasteiger partial charge is 0.394 e. The number of fused-ring (bicyclic) bond motifs is 1. The SMILES string of the molecule is O=C(Nc1ccn(C2O[C@H](CO)[C@@H](O)C2(F)I)c(=O)n1)c1ccc2c(c1)CCCC2. The molecule has 0 spiro atoms. The maximum absolute atomic E-state index is 14.9. The van der Waals surface area contributed by atoms with Crippen LogP contribution in [-0.2, 0) is 17.6 Å². The molecule has 1 fully saturated rings. The average Bonchev–Trinajstić information content (AvgIpc) is 2.96. The van der Waals surface area contributed by atoms with Crippen molar-refractivity contribution < 1.29 is 24.1 Å². The van der Waals surface area contributed by atoms with Crippen molar-refractivity contribution in [1.29, 1.82) is 0 Å². The fourth-order valence-corrected chi connectivity index (χ4v) is 4.69. The molecule has 2 aliphatic rings. The van der Waals surface area contributed by atoms with E-state index in [9.17, 15) is 24.2 Å². The summed E-state index contributed by atoms with van der Waals surface area (Å²) in [5, 5.41) is 21.8. The van der Waals surface area contributed by atoms with Crippen molar-refractivity contribution in [2.75, 3.05) is 11.9 Å². The van der Waals surface area contributed by atoms with Gasteiger partial charge in [-0.3, -0.25) is 9.36 Å². The van der Waals surface area contributed by atoms with Gasteiger partial charge in [0.2, 0.25) is 3.68 Å². The van der Waals surface area contributed by atoms with Gasteiger partial charge in [-0.05, 0) is 77.6 Å². The van der Waals surface area contributed by atoms with Gasteiger partial charge >= 0.3 is 5.69 Å². The smallest absolute Gasteiger partial charge is 0.351 e. The Bertz CT molecular complexity index is 1030. The maximum Gasteiger partial charge on any atom is 0.351 e. The highest BCUT2D eigenvalue weighted by Gasteiger charge is 2.56. The van der Waals surface area contributed by atoms with Gasteiger partial charge in [0.15, 0.2) is 6.23 Å². The first-order valence-electron chi connectivity index (χ1n) is 9.66. The molecule has 0 saturated carbocycles. The van der Waals surface area contributed by atoms with Gasteiger partial charge in [-0.15, -0.1) is 0 Å². The highest BCUT2D eigenvalue weighted by Crippen LogP contribution is 2.45. The number of amides is 1. The van der Waals surface area contributed by atoms with E-state index in [1.807, 2.05) is 12.1 Å². The predicted molar refractivity (Wildman–Crippen MR) is 114 cm³/mol. The Hall–Kier alpha value is -1.89. The van der Waals surface area contributed by atoms with Gasteiger partial charge in [-0.1, -0.05) is 6.07 Å². The molecule has 1 aliphatic carbocycles. The van der Waals surface area contributed by atoms with Crippen LogP contribution in [-0.4, -0.2) is 48.2 Å². The number of aliphatic hydroxyl groups is 2. The van der Waals surface area contributed by atoms with Gasteiger partial charge in [0.25, 0.3) is 5.91 Å². The summed E-state index contributed by atoms with van der Waals surface area (Å²) in [7, 11) is 0. The van der Waals surface area contributed by atoms with Crippen molar-refractivity contribution in [1.82, 2.24) is 9.55 Å². The number of hydrogen-bond acceptors (Lipinski definition) is 6. The number of alkyl halides is 2. The van der Waals surface area contributed by atoms with E-state index in [-0.39, 0.29) is 5.82 Å². The number of halogens is 2. The van der Waals surface area contributed by atoms with Crippen LogP contribution in [0.1, 0.15) is 40.6 Å². The van der Waals surface area contributed by atoms with Crippen molar-refractivity contribution in [3.05, 3.63) is 57.6 Å². The molecule has 4 rings (SSSR count). The van der Waals surface area contributed by atoms with Crippen molar-refractivity contribution in [3.8, 4) is 0 Å². The molecule has 1 amide bonds. The number of carbonyl (C=O) groups is 1. The molecule has 2 unspecified atom stereocenters. The molecule has 1 saturated heterocycles. The second kappa shape index (κ2) is 8.33. The predicted octanol–water partition coefficient (Wildman–Crippen LogP) is 1.73. The summed E-state index contributed by atoms with van der Waals surface area (Å²) in [5.74, 6) is -0.372. The van der Waals surface area contributed by atoms with Gasteiger partial charge in [0.1, 0.15) is 18.0 Å². The first-order valence-corrected chi connectivity index (χ1v) is 10.7. The van der Waals surface area contributed by atoms with Crippen molar-refractivity contribution in [2.24, 2.45) is 0 Å². The monoisotopic (exact) mass is 529 g/mol. The zero-order chi connectivity index (χ0) is 21.5. The molecule has 0 bridgehead atoms. The first-order chi connectivity index (χ1) is 14.3. The maximum atomic E-state index is 14.9. The quantitative estimate of drug-likeness (QED) is 0.411. The molecule has 1 aliphatic heterocycles. The highest BCUT2D eigenvalue weighted by atomic mass is 127. The Labute approximate surface area is 185 Å². The molecular weight excluding hydrogens is 508 g/mol. The lowest BCUT2D eigenvalue weighted by Gasteiger charge is -2.23. The standard InChI is InChI=1S/C20H21FIN3O5/c21-20(22)16(27)14(10-26)30-18(20)25-8-7-15(24-19(25)29)23-17(28)13-6-5-11-3-1-2-4-12(11)9-13/h5-9,14,16,18,26-27H,1-4,10H2,(H,23,24,28,29)/t14-,16-,18?,20?/m1/s1. The Morgan fingerprint density at radius 3 is 2.73 bits per heavy atom. The molecule has 30 heavy (non-hydrogen) atoms. The summed E-state index contributed by atoms with van der Waals surface area (Å²) in [5.41, 5.74) is 2.04. The average molecular weight is 529 g/mol. The molecule has 3 N–H and O–H groups in total. The lowest BCUT2D eigenvalue weighted by atomic mass is 9.90. The zero-order valence-corrected chi connectivity index (χ0v) is 18.1. The number of carbonyl (C=O) groups excluding carboxylic acids is 1. The molecule has 1 aromatic carbocycles. The summed E-state index contributed by atoms with van der Waals surface area (Å²) in [6.45, 7) is -0.594. The minimum atomic E-state index is -2.33. The van der Waals surface area contributed by atoms with Crippen molar-refractivity contribution in [3.63, 3.8) is 0 Å². The number of aliphatic hydroxyl groups excluding tert-OH is 2. The van der Waals surface area contributed by atoms with Crippen LogP contribution in [0.4, 0.5) is 10.2 Å². The first kappa shape index (κ1) is 21.3. The van der Waals surface area contributed by atoms with Gasteiger partial charge in [0, 0.05) is 11.8 Å². The van der Waals surface area contributed by atoms with E-state index in [2.05, 4.69) is 10.3 Å². The van der Waals surface area contributed by atoms with Crippen LogP contribution in [0.15, 0.2) is 35.3 Å². The second-order valence-corrected chi connectivity index (χ2v) is 9.13. The minimum absolute atomic E-state index is 0.0224. The lowest BCUT2D eigenvalue weighted by Crippen LogP contribution is -2.40. The topological polar surface area (TPSA) is 114 Å². The van der Waals surface area contributed by atoms with Crippen LogP contribution in [0.5, 0.6) is 0 Å². The van der Waals surface area contributed by atoms with Crippen LogP contribution >= 0.6 is 22.6 Å². The number of nitrogens with zero attached hydrogens (tertiary/aromatic N) is 2.